The van der Waals surface area contributed by atoms with E-state index < -0.39 is 0 Å². The molecular formula is C8H13NO2. The molecule has 0 unspecified atom stereocenters. The van der Waals surface area contributed by atoms with Crippen LogP contribution in [0.4, 0.5) is 0 Å². The van der Waals surface area contributed by atoms with Crippen LogP contribution in [-0.4, -0.2) is 35.1 Å². The smallest absolute Gasteiger partial charge is 0.219 e. The van der Waals surface area contributed by atoms with Crippen molar-refractivity contribution in [3.63, 3.8) is 0 Å². The molecule has 3 atom stereocenters. The standard InChI is InChI=1S/C8H13NO2/c1-5(11)9-3-6-2-7(6)8(9)4-10/h6-8,10H,2-4H2,1H3/t6-,7-,8-/m1/s1. The SMILES string of the molecule is CC(=O)N1C[C@H]2C[C@H]2[C@H]1CO. The first kappa shape index (κ1) is 7.10. The Morgan fingerprint density at radius 2 is 2.45 bits per heavy atom. The molecule has 1 N–H and O–H groups in total. The van der Waals surface area contributed by atoms with E-state index in [0.29, 0.717) is 11.8 Å². The number of aliphatic hydroxyl groups excluding tert-OH is 1. The summed E-state index contributed by atoms with van der Waals surface area (Å²) in [5.41, 5.74) is 0. The third-order valence-electron chi connectivity index (χ3n) is 2.89. The second-order valence-corrected chi connectivity index (χ2v) is 3.58. The maximum atomic E-state index is 11.0. The molecule has 11 heavy (non-hydrogen) atoms. The number of piperidine rings is 1. The summed E-state index contributed by atoms with van der Waals surface area (Å²) in [6.45, 7) is 2.60. The van der Waals surface area contributed by atoms with Crippen LogP contribution in [0, 0.1) is 11.8 Å². The summed E-state index contributed by atoms with van der Waals surface area (Å²) < 4.78 is 0. The lowest BCUT2D eigenvalue weighted by Gasteiger charge is -2.24. The van der Waals surface area contributed by atoms with Gasteiger partial charge in [0.2, 0.25) is 5.91 Å². The van der Waals surface area contributed by atoms with Gasteiger partial charge >= 0.3 is 0 Å². The predicted molar refractivity (Wildman–Crippen MR) is 39.9 cm³/mol. The molecule has 1 amide bonds. The summed E-state index contributed by atoms with van der Waals surface area (Å²) in [5.74, 6) is 1.43. The summed E-state index contributed by atoms with van der Waals surface area (Å²) in [7, 11) is 0. The number of fused-ring (bicyclic) bond motifs is 1. The third kappa shape index (κ3) is 0.948. The topological polar surface area (TPSA) is 40.5 Å². The molecule has 1 aliphatic heterocycles. The molecule has 1 saturated carbocycles. The molecule has 2 fully saturated rings. The van der Waals surface area contributed by atoms with E-state index >= 15 is 0 Å². The van der Waals surface area contributed by atoms with Crippen LogP contribution in [-0.2, 0) is 4.79 Å². The van der Waals surface area contributed by atoms with Gasteiger partial charge in [-0.15, -0.1) is 0 Å². The van der Waals surface area contributed by atoms with Gasteiger partial charge in [-0.1, -0.05) is 0 Å². The van der Waals surface area contributed by atoms with Crippen LogP contribution >= 0.6 is 0 Å². The second-order valence-electron chi connectivity index (χ2n) is 3.58. The molecule has 0 radical (unpaired) electrons. The molecule has 0 spiro atoms. The molecule has 1 saturated heterocycles. The fraction of sp³-hybridized carbons (Fsp3) is 0.875. The fourth-order valence-corrected chi connectivity index (χ4v) is 2.17. The van der Waals surface area contributed by atoms with Crippen LogP contribution in [0.3, 0.4) is 0 Å². The van der Waals surface area contributed by atoms with Gasteiger partial charge in [0.25, 0.3) is 0 Å². The predicted octanol–water partition coefficient (Wildman–Crippen LogP) is -0.155. The fourth-order valence-electron chi connectivity index (χ4n) is 2.17. The molecule has 3 nitrogen and oxygen atoms in total. The molecule has 2 aliphatic rings. The maximum Gasteiger partial charge on any atom is 0.219 e. The molecule has 1 aliphatic carbocycles. The lowest BCUT2D eigenvalue weighted by molar-refractivity contribution is -0.131. The van der Waals surface area contributed by atoms with Gasteiger partial charge in [-0.3, -0.25) is 4.79 Å². The van der Waals surface area contributed by atoms with Crippen molar-refractivity contribution >= 4 is 5.91 Å². The van der Waals surface area contributed by atoms with Crippen molar-refractivity contribution in [2.45, 2.75) is 19.4 Å². The first-order valence-electron chi connectivity index (χ1n) is 4.12. The monoisotopic (exact) mass is 155 g/mol. The zero-order valence-electron chi connectivity index (χ0n) is 6.66. The first-order valence-corrected chi connectivity index (χ1v) is 4.12. The lowest BCUT2D eigenvalue weighted by atomic mass is 10.2. The van der Waals surface area contributed by atoms with Crippen LogP contribution in [0.5, 0.6) is 0 Å². The Hall–Kier alpha value is -0.570. The van der Waals surface area contributed by atoms with E-state index in [-0.39, 0.29) is 18.6 Å². The van der Waals surface area contributed by atoms with Crippen molar-refractivity contribution in [3.8, 4) is 0 Å². The quantitative estimate of drug-likeness (QED) is 0.572. The third-order valence-corrected chi connectivity index (χ3v) is 2.89. The summed E-state index contributed by atoms with van der Waals surface area (Å²) in [6.07, 6.45) is 1.22. The Morgan fingerprint density at radius 1 is 1.73 bits per heavy atom. The Kier molecular flexibility index (Phi) is 1.42. The molecule has 62 valence electrons. The van der Waals surface area contributed by atoms with E-state index in [9.17, 15) is 4.79 Å². The Bertz CT molecular complexity index is 193. The molecule has 0 bridgehead atoms. The maximum absolute atomic E-state index is 11.0. The van der Waals surface area contributed by atoms with Crippen molar-refractivity contribution in [1.29, 1.82) is 0 Å². The minimum atomic E-state index is 0.108. The number of hydrogen-bond donors (Lipinski definition) is 1. The highest BCUT2D eigenvalue weighted by Crippen LogP contribution is 2.49. The number of carbonyl (C=O) groups excluding carboxylic acids is 1. The van der Waals surface area contributed by atoms with Crippen molar-refractivity contribution < 1.29 is 9.90 Å². The number of aliphatic hydroxyl groups is 1. The minimum Gasteiger partial charge on any atom is -0.394 e. The molecule has 0 aromatic heterocycles. The van der Waals surface area contributed by atoms with Gasteiger partial charge in [0, 0.05) is 13.5 Å². The molecule has 2 rings (SSSR count). The van der Waals surface area contributed by atoms with Gasteiger partial charge < -0.3 is 10.0 Å². The largest absolute Gasteiger partial charge is 0.394 e. The summed E-state index contributed by atoms with van der Waals surface area (Å²) in [5, 5.41) is 8.99. The summed E-state index contributed by atoms with van der Waals surface area (Å²) in [6, 6.07) is 0.137. The molecular weight excluding hydrogens is 142 g/mol. The van der Waals surface area contributed by atoms with E-state index in [4.69, 9.17) is 5.11 Å². The van der Waals surface area contributed by atoms with Gasteiger partial charge in [0.15, 0.2) is 0 Å². The van der Waals surface area contributed by atoms with Crippen LogP contribution in [0.2, 0.25) is 0 Å². The van der Waals surface area contributed by atoms with Crippen LogP contribution in [0.25, 0.3) is 0 Å². The first-order chi connectivity index (χ1) is 5.24. The van der Waals surface area contributed by atoms with Crippen molar-refractivity contribution in [3.05, 3.63) is 0 Å². The number of nitrogens with zero attached hydrogens (tertiary/aromatic N) is 1. The Balaban J connectivity index is 2.06. The number of hydrogen-bond acceptors (Lipinski definition) is 2. The van der Waals surface area contributed by atoms with E-state index in [1.54, 1.807) is 11.8 Å². The number of likely N-dealkylation sites (tertiary alicyclic amines) is 1. The minimum absolute atomic E-state index is 0.108. The highest BCUT2D eigenvalue weighted by atomic mass is 16.3. The average Bonchev–Trinajstić information content (AvgIpc) is 2.63. The van der Waals surface area contributed by atoms with Crippen molar-refractivity contribution in [2.75, 3.05) is 13.2 Å². The Labute approximate surface area is 66.0 Å². The molecule has 1 heterocycles. The highest BCUT2D eigenvalue weighted by molar-refractivity contribution is 5.74. The van der Waals surface area contributed by atoms with Gasteiger partial charge in [-0.25, -0.2) is 0 Å². The second kappa shape index (κ2) is 2.21. The average molecular weight is 155 g/mol. The zero-order valence-corrected chi connectivity index (χ0v) is 6.66. The van der Waals surface area contributed by atoms with E-state index in [1.165, 1.54) is 6.42 Å². The van der Waals surface area contributed by atoms with Crippen LogP contribution < -0.4 is 0 Å². The summed E-state index contributed by atoms with van der Waals surface area (Å²) >= 11 is 0. The molecule has 0 aromatic carbocycles. The zero-order chi connectivity index (χ0) is 8.01. The van der Waals surface area contributed by atoms with Crippen molar-refractivity contribution in [2.24, 2.45) is 11.8 Å². The Morgan fingerprint density at radius 3 is 2.91 bits per heavy atom. The number of rotatable bonds is 1. The van der Waals surface area contributed by atoms with E-state index in [1.807, 2.05) is 0 Å². The normalized spacial score (nSPS) is 40.5. The molecule has 3 heteroatoms. The number of amides is 1. The van der Waals surface area contributed by atoms with Crippen molar-refractivity contribution in [1.82, 2.24) is 4.90 Å². The highest BCUT2D eigenvalue weighted by Gasteiger charge is 2.52. The van der Waals surface area contributed by atoms with Gasteiger partial charge in [-0.05, 0) is 18.3 Å². The molecule has 0 aromatic rings. The van der Waals surface area contributed by atoms with E-state index in [2.05, 4.69) is 0 Å². The van der Waals surface area contributed by atoms with Gasteiger partial charge in [-0.2, -0.15) is 0 Å². The van der Waals surface area contributed by atoms with Gasteiger partial charge in [0.05, 0.1) is 12.6 Å². The lowest BCUT2D eigenvalue weighted by Crippen LogP contribution is -2.39. The van der Waals surface area contributed by atoms with E-state index in [0.717, 1.165) is 6.54 Å². The van der Waals surface area contributed by atoms with Crippen LogP contribution in [0.1, 0.15) is 13.3 Å². The van der Waals surface area contributed by atoms with Gasteiger partial charge in [0.1, 0.15) is 0 Å². The van der Waals surface area contributed by atoms with Crippen LogP contribution in [0.15, 0.2) is 0 Å². The summed E-state index contributed by atoms with van der Waals surface area (Å²) in [4.78, 5) is 12.8. The number of carbonyl (C=O) groups is 1.